The zero-order valence-electron chi connectivity index (χ0n) is 15.3. The van der Waals surface area contributed by atoms with E-state index < -0.39 is 29.0 Å². The number of piperidine rings is 1. The molecule has 1 aromatic rings. The lowest BCUT2D eigenvalue weighted by molar-refractivity contribution is -0.198. The second kappa shape index (κ2) is 6.94. The Balaban J connectivity index is 1.74. The van der Waals surface area contributed by atoms with Crippen LogP contribution >= 0.6 is 0 Å². The average Bonchev–Trinajstić information content (AvgIpc) is 2.59. The summed E-state index contributed by atoms with van der Waals surface area (Å²) in [6.45, 7) is 4.41. The highest BCUT2D eigenvalue weighted by molar-refractivity contribution is 5.74. The molecule has 2 fully saturated rings. The maximum absolute atomic E-state index is 12.9. The molecule has 0 radical (unpaired) electrons. The van der Waals surface area contributed by atoms with E-state index in [-0.39, 0.29) is 11.7 Å². The highest BCUT2D eigenvalue weighted by Gasteiger charge is 2.53. The molecule has 2 aliphatic heterocycles. The van der Waals surface area contributed by atoms with Gasteiger partial charge in [-0.25, -0.2) is 4.98 Å². The Hall–Kier alpha value is -1.87. The van der Waals surface area contributed by atoms with Gasteiger partial charge in [-0.1, -0.05) is 0 Å². The van der Waals surface area contributed by atoms with Crippen LogP contribution in [-0.2, 0) is 15.7 Å². The van der Waals surface area contributed by atoms with Crippen LogP contribution in [-0.4, -0.2) is 52.9 Å². The van der Waals surface area contributed by atoms with Crippen molar-refractivity contribution in [2.45, 2.75) is 56.5 Å². The van der Waals surface area contributed by atoms with Crippen molar-refractivity contribution in [3.63, 3.8) is 0 Å². The van der Waals surface area contributed by atoms with Gasteiger partial charge in [-0.3, -0.25) is 4.79 Å². The summed E-state index contributed by atoms with van der Waals surface area (Å²) < 4.78 is 44.7. The van der Waals surface area contributed by atoms with Crippen LogP contribution in [0, 0.1) is 0 Å². The van der Waals surface area contributed by atoms with Gasteiger partial charge in [-0.05, 0) is 38.3 Å². The molecule has 3 heterocycles. The number of anilines is 1. The molecular weight excluding hydrogens is 363 g/mol. The number of aromatic nitrogens is 1. The van der Waals surface area contributed by atoms with E-state index in [1.165, 1.54) is 6.92 Å². The van der Waals surface area contributed by atoms with Gasteiger partial charge in [0.1, 0.15) is 11.9 Å². The number of halogens is 3. The quantitative estimate of drug-likeness (QED) is 0.813. The van der Waals surface area contributed by atoms with Crippen LogP contribution in [0.3, 0.4) is 0 Å². The number of alkyl halides is 3. The Bertz CT molecular complexity index is 705. The van der Waals surface area contributed by atoms with E-state index in [4.69, 9.17) is 4.74 Å². The lowest BCUT2D eigenvalue weighted by atomic mass is 9.73. The van der Waals surface area contributed by atoms with E-state index in [2.05, 4.69) is 10.3 Å². The zero-order valence-corrected chi connectivity index (χ0v) is 15.3. The summed E-state index contributed by atoms with van der Waals surface area (Å²) in [6, 6.07) is 1.99. The zero-order chi connectivity index (χ0) is 19.9. The fourth-order valence-electron chi connectivity index (χ4n) is 4.10. The molecule has 2 aliphatic rings. The Labute approximate surface area is 155 Å². The summed E-state index contributed by atoms with van der Waals surface area (Å²) >= 11 is 0. The first-order valence-electron chi connectivity index (χ1n) is 8.95. The summed E-state index contributed by atoms with van der Waals surface area (Å²) in [5.74, 6) is 0.0359. The lowest BCUT2D eigenvalue weighted by Crippen LogP contribution is -2.69. The van der Waals surface area contributed by atoms with Gasteiger partial charge in [0.15, 0.2) is 0 Å². The predicted octanol–water partition coefficient (Wildman–Crippen LogP) is 2.12. The van der Waals surface area contributed by atoms with Crippen LogP contribution in [0.5, 0.6) is 0 Å². The highest BCUT2D eigenvalue weighted by Crippen LogP contribution is 2.41. The van der Waals surface area contributed by atoms with E-state index in [0.29, 0.717) is 39.0 Å². The standard InChI is InChI=1S/C18H24F3N3O3/c1-12(25)23-16(2)6-10-27-17(15(16)26)4-8-24(9-5-17)14-11-13(3-7-22-14)18(19,20)21/h3,7,11,15,26H,4-6,8-10H2,1-2H3,(H,23,25)/t15-,16+/m1/s1. The van der Waals surface area contributed by atoms with E-state index >= 15 is 0 Å². The first kappa shape index (κ1) is 19.9. The third kappa shape index (κ3) is 3.89. The summed E-state index contributed by atoms with van der Waals surface area (Å²) in [5, 5.41) is 13.8. The van der Waals surface area contributed by atoms with Crippen molar-refractivity contribution in [3.8, 4) is 0 Å². The van der Waals surface area contributed by atoms with Crippen molar-refractivity contribution < 1.29 is 27.8 Å². The summed E-state index contributed by atoms with van der Waals surface area (Å²) in [5.41, 5.74) is -2.35. The predicted molar refractivity (Wildman–Crippen MR) is 92.2 cm³/mol. The Morgan fingerprint density at radius 1 is 1.37 bits per heavy atom. The molecule has 6 nitrogen and oxygen atoms in total. The van der Waals surface area contributed by atoms with Crippen LogP contribution in [0.15, 0.2) is 18.3 Å². The fourth-order valence-corrected chi connectivity index (χ4v) is 4.10. The monoisotopic (exact) mass is 387 g/mol. The van der Waals surface area contributed by atoms with Crippen LogP contribution in [0.4, 0.5) is 19.0 Å². The molecule has 2 atom stereocenters. The molecule has 3 rings (SSSR count). The second-order valence-corrected chi connectivity index (χ2v) is 7.55. The van der Waals surface area contributed by atoms with Gasteiger partial charge in [0.2, 0.25) is 5.91 Å². The van der Waals surface area contributed by atoms with Gasteiger partial charge in [0.05, 0.1) is 16.7 Å². The van der Waals surface area contributed by atoms with E-state index in [9.17, 15) is 23.1 Å². The summed E-state index contributed by atoms with van der Waals surface area (Å²) in [4.78, 5) is 17.3. The van der Waals surface area contributed by atoms with E-state index in [1.54, 1.807) is 11.8 Å². The van der Waals surface area contributed by atoms with Gasteiger partial charge in [-0.15, -0.1) is 0 Å². The number of carbonyl (C=O) groups excluding carboxylic acids is 1. The molecule has 0 aliphatic carbocycles. The molecule has 1 amide bonds. The minimum Gasteiger partial charge on any atom is -0.388 e. The van der Waals surface area contributed by atoms with E-state index in [0.717, 1.165) is 18.3 Å². The molecule has 27 heavy (non-hydrogen) atoms. The fraction of sp³-hybridized carbons (Fsp3) is 0.667. The molecule has 9 heteroatoms. The molecule has 0 aromatic carbocycles. The SMILES string of the molecule is CC(=O)N[C@@]1(C)CCOC2(CCN(c3cc(C(F)(F)F)ccn3)CC2)[C@@H]1O. The number of hydrogen-bond donors (Lipinski definition) is 2. The third-order valence-corrected chi connectivity index (χ3v) is 5.58. The maximum atomic E-state index is 12.9. The van der Waals surface area contributed by atoms with Crippen molar-refractivity contribution in [2.24, 2.45) is 0 Å². The highest BCUT2D eigenvalue weighted by atomic mass is 19.4. The summed E-state index contributed by atoms with van der Waals surface area (Å²) in [7, 11) is 0. The molecule has 150 valence electrons. The van der Waals surface area contributed by atoms with Gasteiger partial charge < -0.3 is 20.1 Å². The smallest absolute Gasteiger partial charge is 0.388 e. The first-order valence-corrected chi connectivity index (χ1v) is 8.95. The molecule has 0 saturated carbocycles. The Kier molecular flexibility index (Phi) is 5.11. The molecule has 2 N–H and O–H groups in total. The molecular formula is C18H24F3N3O3. The third-order valence-electron chi connectivity index (χ3n) is 5.58. The normalized spacial score (nSPS) is 28.2. The molecule has 1 aromatic heterocycles. The number of amides is 1. The maximum Gasteiger partial charge on any atom is 0.416 e. The number of pyridine rings is 1. The molecule has 0 unspecified atom stereocenters. The van der Waals surface area contributed by atoms with Crippen LogP contribution in [0.1, 0.15) is 38.7 Å². The van der Waals surface area contributed by atoms with Gasteiger partial charge in [-0.2, -0.15) is 13.2 Å². The minimum absolute atomic E-state index is 0.223. The number of ether oxygens (including phenoxy) is 1. The van der Waals surface area contributed by atoms with Crippen LogP contribution in [0.25, 0.3) is 0 Å². The van der Waals surface area contributed by atoms with Crippen LogP contribution in [0.2, 0.25) is 0 Å². The Morgan fingerprint density at radius 2 is 2.04 bits per heavy atom. The number of aliphatic hydroxyl groups is 1. The van der Waals surface area contributed by atoms with Crippen LogP contribution < -0.4 is 10.2 Å². The topological polar surface area (TPSA) is 74.7 Å². The van der Waals surface area contributed by atoms with Crippen molar-refractivity contribution in [1.29, 1.82) is 0 Å². The molecule has 2 saturated heterocycles. The van der Waals surface area contributed by atoms with Crippen molar-refractivity contribution >= 4 is 11.7 Å². The number of hydrogen-bond acceptors (Lipinski definition) is 5. The molecule has 0 bridgehead atoms. The molecule has 1 spiro atoms. The average molecular weight is 387 g/mol. The van der Waals surface area contributed by atoms with E-state index in [1.807, 2.05) is 0 Å². The second-order valence-electron chi connectivity index (χ2n) is 7.55. The number of nitrogens with zero attached hydrogens (tertiary/aromatic N) is 2. The Morgan fingerprint density at radius 3 is 2.63 bits per heavy atom. The number of rotatable bonds is 2. The van der Waals surface area contributed by atoms with Crippen molar-refractivity contribution in [1.82, 2.24) is 10.3 Å². The summed E-state index contributed by atoms with van der Waals surface area (Å²) in [6.07, 6.45) is -2.81. The number of carbonyl (C=O) groups is 1. The lowest BCUT2D eigenvalue weighted by Gasteiger charge is -2.53. The minimum atomic E-state index is -4.42. The van der Waals surface area contributed by atoms with Gasteiger partial charge >= 0.3 is 6.18 Å². The largest absolute Gasteiger partial charge is 0.416 e. The van der Waals surface area contributed by atoms with Crippen molar-refractivity contribution in [3.05, 3.63) is 23.9 Å². The first-order chi connectivity index (χ1) is 12.6. The van der Waals surface area contributed by atoms with Crippen molar-refractivity contribution in [2.75, 3.05) is 24.6 Å². The van der Waals surface area contributed by atoms with Gasteiger partial charge in [0, 0.05) is 32.8 Å². The number of nitrogens with one attached hydrogen (secondary N) is 1. The van der Waals surface area contributed by atoms with Gasteiger partial charge in [0.25, 0.3) is 0 Å². The number of aliphatic hydroxyl groups excluding tert-OH is 1.